The second-order valence-electron chi connectivity index (χ2n) is 4.74. The minimum absolute atomic E-state index is 0.174. The number of methoxy groups -OCH3 is 1. The zero-order chi connectivity index (χ0) is 16.5. The maximum atomic E-state index is 13.3. The van der Waals surface area contributed by atoms with Crippen LogP contribution in [0, 0.1) is 5.82 Å². The molecule has 0 aliphatic rings. The van der Waals surface area contributed by atoms with E-state index in [2.05, 4.69) is 10.6 Å². The van der Waals surface area contributed by atoms with Crippen LogP contribution >= 0.6 is 0 Å². The van der Waals surface area contributed by atoms with Crippen molar-refractivity contribution in [2.75, 3.05) is 20.3 Å². The van der Waals surface area contributed by atoms with Gasteiger partial charge in [-0.1, -0.05) is 24.3 Å². The number of nitrogens with one attached hydrogen (secondary N) is 2. The molecule has 0 aromatic heterocycles. The van der Waals surface area contributed by atoms with E-state index in [-0.39, 0.29) is 24.9 Å². The van der Waals surface area contributed by atoms with Crippen molar-refractivity contribution < 1.29 is 18.7 Å². The van der Waals surface area contributed by atoms with Gasteiger partial charge in [0.1, 0.15) is 12.4 Å². The molecule has 0 aliphatic heterocycles. The predicted molar refractivity (Wildman–Crippen MR) is 85.1 cm³/mol. The molecule has 23 heavy (non-hydrogen) atoms. The fraction of sp³-hybridized carbons (Fsp3) is 0.235. The van der Waals surface area contributed by atoms with Crippen molar-refractivity contribution in [1.29, 1.82) is 0 Å². The van der Waals surface area contributed by atoms with E-state index in [1.165, 1.54) is 6.07 Å². The summed E-state index contributed by atoms with van der Waals surface area (Å²) in [6.07, 6.45) is 0. The van der Waals surface area contributed by atoms with Crippen molar-refractivity contribution in [2.45, 2.75) is 6.54 Å². The summed E-state index contributed by atoms with van der Waals surface area (Å²) in [5, 5.41) is 5.37. The van der Waals surface area contributed by atoms with Crippen LogP contribution in [0.3, 0.4) is 0 Å². The summed E-state index contributed by atoms with van der Waals surface area (Å²) in [7, 11) is 1.60. The molecule has 0 aliphatic carbocycles. The summed E-state index contributed by atoms with van der Waals surface area (Å²) in [6, 6.07) is 13.2. The monoisotopic (exact) mass is 318 g/mol. The van der Waals surface area contributed by atoms with Gasteiger partial charge in [0.25, 0.3) is 0 Å². The van der Waals surface area contributed by atoms with Crippen LogP contribution in [-0.4, -0.2) is 26.3 Å². The lowest BCUT2D eigenvalue weighted by Gasteiger charge is -2.10. The highest BCUT2D eigenvalue weighted by molar-refractivity contribution is 5.73. The van der Waals surface area contributed by atoms with E-state index in [9.17, 15) is 9.18 Å². The Hall–Kier alpha value is -2.76. The molecule has 2 aromatic rings. The van der Waals surface area contributed by atoms with Crippen molar-refractivity contribution in [3.8, 4) is 11.5 Å². The number of carbonyl (C=O) groups excluding carboxylic acids is 1. The SMILES string of the molecule is COc1ccc(CNC(=O)NCCOc2ccccc2F)cc1. The first-order valence-corrected chi connectivity index (χ1v) is 7.21. The lowest BCUT2D eigenvalue weighted by molar-refractivity contribution is 0.235. The summed E-state index contributed by atoms with van der Waals surface area (Å²) < 4.78 is 23.6. The molecular formula is C17H19FN2O3. The molecule has 0 spiro atoms. The molecule has 0 fully saturated rings. The van der Waals surface area contributed by atoms with Crippen LogP contribution in [0.15, 0.2) is 48.5 Å². The third-order valence-electron chi connectivity index (χ3n) is 3.09. The highest BCUT2D eigenvalue weighted by Crippen LogP contribution is 2.14. The smallest absolute Gasteiger partial charge is 0.315 e. The van der Waals surface area contributed by atoms with E-state index >= 15 is 0 Å². The van der Waals surface area contributed by atoms with E-state index in [0.717, 1.165) is 11.3 Å². The summed E-state index contributed by atoms with van der Waals surface area (Å²) in [6.45, 7) is 0.879. The Morgan fingerprint density at radius 1 is 1.09 bits per heavy atom. The number of urea groups is 1. The second kappa shape index (κ2) is 8.63. The largest absolute Gasteiger partial charge is 0.497 e. The van der Waals surface area contributed by atoms with Crippen LogP contribution < -0.4 is 20.1 Å². The summed E-state index contributed by atoms with van der Waals surface area (Å²) in [5.74, 6) is 0.521. The molecule has 0 atom stereocenters. The van der Waals surface area contributed by atoms with E-state index < -0.39 is 5.82 Å². The minimum atomic E-state index is -0.420. The lowest BCUT2D eigenvalue weighted by Crippen LogP contribution is -2.37. The second-order valence-corrected chi connectivity index (χ2v) is 4.74. The number of ether oxygens (including phenoxy) is 2. The third kappa shape index (κ3) is 5.50. The first kappa shape index (κ1) is 16.6. The topological polar surface area (TPSA) is 59.6 Å². The Labute approximate surface area is 134 Å². The van der Waals surface area contributed by atoms with Crippen molar-refractivity contribution in [3.63, 3.8) is 0 Å². The van der Waals surface area contributed by atoms with Crippen LogP contribution in [0.25, 0.3) is 0 Å². The van der Waals surface area contributed by atoms with Gasteiger partial charge in [-0.05, 0) is 29.8 Å². The third-order valence-corrected chi connectivity index (χ3v) is 3.09. The van der Waals surface area contributed by atoms with E-state index in [0.29, 0.717) is 6.54 Å². The average molecular weight is 318 g/mol. The van der Waals surface area contributed by atoms with Crippen molar-refractivity contribution in [3.05, 3.63) is 59.9 Å². The number of amides is 2. The molecule has 0 saturated carbocycles. The van der Waals surface area contributed by atoms with E-state index in [1.54, 1.807) is 25.3 Å². The van der Waals surface area contributed by atoms with Gasteiger partial charge in [0.15, 0.2) is 11.6 Å². The Bertz CT molecular complexity index is 632. The molecule has 2 N–H and O–H groups in total. The van der Waals surface area contributed by atoms with Gasteiger partial charge in [0.2, 0.25) is 0 Å². The molecule has 0 unspecified atom stereocenters. The summed E-state index contributed by atoms with van der Waals surface area (Å²) >= 11 is 0. The van der Waals surface area contributed by atoms with Crippen LogP contribution in [0.1, 0.15) is 5.56 Å². The van der Waals surface area contributed by atoms with Crippen molar-refractivity contribution >= 4 is 6.03 Å². The lowest BCUT2D eigenvalue weighted by atomic mass is 10.2. The van der Waals surface area contributed by atoms with Gasteiger partial charge >= 0.3 is 6.03 Å². The molecule has 122 valence electrons. The number of para-hydroxylation sites is 1. The van der Waals surface area contributed by atoms with Gasteiger partial charge in [-0.15, -0.1) is 0 Å². The average Bonchev–Trinajstić information content (AvgIpc) is 2.59. The Balaban J connectivity index is 1.64. The van der Waals surface area contributed by atoms with Crippen molar-refractivity contribution in [2.24, 2.45) is 0 Å². The fourth-order valence-electron chi connectivity index (χ4n) is 1.88. The number of hydrogen-bond acceptors (Lipinski definition) is 3. The molecule has 0 heterocycles. The first-order chi connectivity index (χ1) is 11.2. The normalized spacial score (nSPS) is 10.0. The molecular weight excluding hydrogens is 299 g/mol. The van der Waals surface area contributed by atoms with Crippen molar-refractivity contribution in [1.82, 2.24) is 10.6 Å². The molecule has 5 nitrogen and oxygen atoms in total. The number of rotatable bonds is 7. The quantitative estimate of drug-likeness (QED) is 0.772. The van der Waals surface area contributed by atoms with Gasteiger partial charge in [0.05, 0.1) is 13.7 Å². The van der Waals surface area contributed by atoms with Crippen LogP contribution in [0.4, 0.5) is 9.18 Å². The van der Waals surface area contributed by atoms with Gasteiger partial charge in [-0.3, -0.25) is 0 Å². The zero-order valence-electron chi connectivity index (χ0n) is 12.8. The molecule has 2 rings (SSSR count). The Morgan fingerprint density at radius 3 is 2.52 bits per heavy atom. The van der Waals surface area contributed by atoms with E-state index in [1.807, 2.05) is 24.3 Å². The number of halogens is 1. The van der Waals surface area contributed by atoms with Gasteiger partial charge in [0, 0.05) is 6.54 Å². The van der Waals surface area contributed by atoms with E-state index in [4.69, 9.17) is 9.47 Å². The predicted octanol–water partition coefficient (Wildman–Crippen LogP) is 2.71. The van der Waals surface area contributed by atoms with Gasteiger partial charge in [-0.25, -0.2) is 9.18 Å². The molecule has 0 radical (unpaired) electrons. The van der Waals surface area contributed by atoms with Crippen LogP contribution in [-0.2, 0) is 6.54 Å². The van der Waals surface area contributed by atoms with Crippen LogP contribution in [0.2, 0.25) is 0 Å². The standard InChI is InChI=1S/C17H19FN2O3/c1-22-14-8-6-13(7-9-14)12-20-17(21)19-10-11-23-16-5-3-2-4-15(16)18/h2-9H,10-12H2,1H3,(H2,19,20,21). The van der Waals surface area contributed by atoms with Gasteiger partial charge in [-0.2, -0.15) is 0 Å². The Morgan fingerprint density at radius 2 is 1.83 bits per heavy atom. The molecule has 2 aromatic carbocycles. The zero-order valence-corrected chi connectivity index (χ0v) is 12.8. The minimum Gasteiger partial charge on any atom is -0.497 e. The molecule has 0 bridgehead atoms. The van der Waals surface area contributed by atoms with Gasteiger partial charge < -0.3 is 20.1 Å². The maximum Gasteiger partial charge on any atom is 0.315 e. The highest BCUT2D eigenvalue weighted by Gasteiger charge is 2.03. The highest BCUT2D eigenvalue weighted by atomic mass is 19.1. The first-order valence-electron chi connectivity index (χ1n) is 7.21. The van der Waals surface area contributed by atoms with Crippen LogP contribution in [0.5, 0.6) is 11.5 Å². The number of hydrogen-bond donors (Lipinski definition) is 2. The molecule has 6 heteroatoms. The summed E-state index contributed by atoms with van der Waals surface area (Å²) in [5.41, 5.74) is 0.962. The molecule has 0 saturated heterocycles. The summed E-state index contributed by atoms with van der Waals surface area (Å²) in [4.78, 5) is 11.6. The Kier molecular flexibility index (Phi) is 6.23. The maximum absolute atomic E-state index is 13.3. The number of carbonyl (C=O) groups is 1. The number of benzene rings is 2. The fourth-order valence-corrected chi connectivity index (χ4v) is 1.88. The molecule has 2 amide bonds.